The van der Waals surface area contributed by atoms with E-state index in [1.54, 1.807) is 0 Å². The van der Waals surface area contributed by atoms with Crippen molar-refractivity contribution in [3.8, 4) is 33.4 Å². The van der Waals surface area contributed by atoms with Gasteiger partial charge in [0, 0.05) is 16.9 Å². The van der Waals surface area contributed by atoms with E-state index in [4.69, 9.17) is 0 Å². The Hall–Kier alpha value is -6.44. The fourth-order valence-electron chi connectivity index (χ4n) is 9.13. The number of hydrogen-bond donors (Lipinski definition) is 0. The van der Waals surface area contributed by atoms with Crippen LogP contribution < -0.4 is 4.90 Å². The zero-order valence-electron chi connectivity index (χ0n) is 31.0. The predicted octanol–water partition coefficient (Wildman–Crippen LogP) is 15.7. The van der Waals surface area contributed by atoms with Gasteiger partial charge in [-0.05, 0) is 121 Å². The van der Waals surface area contributed by atoms with Gasteiger partial charge in [-0.25, -0.2) is 0 Å². The molecular formula is C54H43N. The standard InChI is InChI=1S/C54H43N/c1-2-15-41(16-3-1)50-27-12-20-42-21-13-28-52(54(42)50)51-25-8-9-29-53(51)55(46-34-32-39(33-35-46)44-31-30-38-14-4-5-18-43(38)36-44)47-23-10-22-45(37-47)49-26-11-19-40-17-6-7-24-48(40)49/h4-14,17-37,41H,1-3,15-16H2. The van der Waals surface area contributed by atoms with Crippen molar-refractivity contribution >= 4 is 49.4 Å². The predicted molar refractivity (Wildman–Crippen MR) is 236 cm³/mol. The lowest BCUT2D eigenvalue weighted by atomic mass is 9.80. The van der Waals surface area contributed by atoms with Crippen molar-refractivity contribution in [3.63, 3.8) is 0 Å². The van der Waals surface area contributed by atoms with E-state index in [0.29, 0.717) is 5.92 Å². The highest BCUT2D eigenvalue weighted by molar-refractivity contribution is 6.04. The highest BCUT2D eigenvalue weighted by atomic mass is 15.1. The van der Waals surface area contributed by atoms with E-state index in [2.05, 4.69) is 199 Å². The van der Waals surface area contributed by atoms with Crippen molar-refractivity contribution in [2.45, 2.75) is 38.0 Å². The lowest BCUT2D eigenvalue weighted by Gasteiger charge is -2.29. The van der Waals surface area contributed by atoms with Gasteiger partial charge < -0.3 is 4.90 Å². The van der Waals surface area contributed by atoms with Crippen LogP contribution in [0, 0.1) is 0 Å². The van der Waals surface area contributed by atoms with Crippen LogP contribution in [0.25, 0.3) is 65.7 Å². The fraction of sp³-hybridized carbons (Fsp3) is 0.111. The molecule has 1 nitrogen and oxygen atoms in total. The molecule has 1 aliphatic carbocycles. The zero-order chi connectivity index (χ0) is 36.6. The molecule has 1 aliphatic rings. The smallest absolute Gasteiger partial charge is 0.0540 e. The number of hydrogen-bond acceptors (Lipinski definition) is 1. The van der Waals surface area contributed by atoms with Gasteiger partial charge in [-0.3, -0.25) is 0 Å². The van der Waals surface area contributed by atoms with E-state index in [-0.39, 0.29) is 0 Å². The van der Waals surface area contributed by atoms with E-state index in [1.807, 2.05) is 0 Å². The van der Waals surface area contributed by atoms with Crippen LogP contribution in [0.5, 0.6) is 0 Å². The Bertz CT molecular complexity index is 2790. The maximum Gasteiger partial charge on any atom is 0.0540 e. The minimum absolute atomic E-state index is 0.599. The van der Waals surface area contributed by atoms with E-state index in [1.165, 1.54) is 109 Å². The van der Waals surface area contributed by atoms with Crippen molar-refractivity contribution in [3.05, 3.63) is 200 Å². The van der Waals surface area contributed by atoms with Crippen LogP contribution in [-0.4, -0.2) is 0 Å². The lowest BCUT2D eigenvalue weighted by Crippen LogP contribution is -2.11. The molecule has 9 aromatic rings. The van der Waals surface area contributed by atoms with Gasteiger partial charge in [0.2, 0.25) is 0 Å². The summed E-state index contributed by atoms with van der Waals surface area (Å²) in [6, 6.07) is 71.8. The molecule has 0 bridgehead atoms. The summed E-state index contributed by atoms with van der Waals surface area (Å²) in [6.45, 7) is 0. The van der Waals surface area contributed by atoms with Gasteiger partial charge in [-0.2, -0.15) is 0 Å². The van der Waals surface area contributed by atoms with E-state index >= 15 is 0 Å². The highest BCUT2D eigenvalue weighted by Gasteiger charge is 2.23. The van der Waals surface area contributed by atoms with Crippen molar-refractivity contribution in [2.75, 3.05) is 4.90 Å². The molecular weight excluding hydrogens is 663 g/mol. The van der Waals surface area contributed by atoms with Crippen molar-refractivity contribution in [1.82, 2.24) is 0 Å². The number of benzene rings is 9. The summed E-state index contributed by atoms with van der Waals surface area (Å²) in [5.41, 5.74) is 12.3. The van der Waals surface area contributed by atoms with Crippen molar-refractivity contribution in [1.29, 1.82) is 0 Å². The average Bonchev–Trinajstić information content (AvgIpc) is 3.26. The molecule has 0 aromatic heterocycles. The molecule has 0 atom stereocenters. The highest BCUT2D eigenvalue weighted by Crippen LogP contribution is 2.46. The van der Waals surface area contributed by atoms with Gasteiger partial charge in [0.05, 0.1) is 5.69 Å². The second-order valence-corrected chi connectivity index (χ2v) is 15.1. The number of para-hydroxylation sites is 1. The molecule has 0 saturated heterocycles. The van der Waals surface area contributed by atoms with Gasteiger partial charge >= 0.3 is 0 Å². The number of rotatable bonds is 7. The fourth-order valence-corrected chi connectivity index (χ4v) is 9.13. The first kappa shape index (κ1) is 33.2. The third-order valence-electron chi connectivity index (χ3n) is 11.8. The van der Waals surface area contributed by atoms with Crippen molar-refractivity contribution in [2.24, 2.45) is 0 Å². The molecule has 0 radical (unpaired) electrons. The number of nitrogens with zero attached hydrogens (tertiary/aromatic N) is 1. The topological polar surface area (TPSA) is 3.24 Å². The number of fused-ring (bicyclic) bond motifs is 3. The third-order valence-corrected chi connectivity index (χ3v) is 11.8. The summed E-state index contributed by atoms with van der Waals surface area (Å²) in [5, 5.41) is 7.76. The normalized spacial score (nSPS) is 13.4. The zero-order valence-corrected chi connectivity index (χ0v) is 31.0. The van der Waals surface area contributed by atoms with Gasteiger partial charge in [0.1, 0.15) is 0 Å². The SMILES string of the molecule is c1cc(-c2cccc3ccccc23)cc(N(c2ccc(-c3ccc4ccccc4c3)cc2)c2ccccc2-c2cccc3cccc(C4CCCCC4)c23)c1. The van der Waals surface area contributed by atoms with Crippen LogP contribution in [0.15, 0.2) is 194 Å². The van der Waals surface area contributed by atoms with Crippen LogP contribution in [0.1, 0.15) is 43.6 Å². The lowest BCUT2D eigenvalue weighted by molar-refractivity contribution is 0.445. The molecule has 0 amide bonds. The van der Waals surface area contributed by atoms with E-state index < -0.39 is 0 Å². The number of anilines is 3. The van der Waals surface area contributed by atoms with Crippen LogP contribution in [-0.2, 0) is 0 Å². The Morgan fingerprint density at radius 2 is 1.00 bits per heavy atom. The van der Waals surface area contributed by atoms with Crippen LogP contribution in [0.3, 0.4) is 0 Å². The summed E-state index contributed by atoms with van der Waals surface area (Å²) < 4.78 is 0. The molecule has 0 unspecified atom stereocenters. The first-order chi connectivity index (χ1) is 27.3. The Morgan fingerprint density at radius 3 is 1.85 bits per heavy atom. The molecule has 9 aromatic carbocycles. The van der Waals surface area contributed by atoms with Gasteiger partial charge in [0.25, 0.3) is 0 Å². The maximum absolute atomic E-state index is 2.47. The molecule has 55 heavy (non-hydrogen) atoms. The Balaban J connectivity index is 1.16. The minimum Gasteiger partial charge on any atom is -0.310 e. The Kier molecular flexibility index (Phi) is 8.69. The second kappa shape index (κ2) is 14.4. The monoisotopic (exact) mass is 705 g/mol. The van der Waals surface area contributed by atoms with E-state index in [0.717, 1.165) is 11.4 Å². The first-order valence-corrected chi connectivity index (χ1v) is 19.9. The maximum atomic E-state index is 2.47. The molecule has 1 heteroatoms. The van der Waals surface area contributed by atoms with E-state index in [9.17, 15) is 0 Å². The summed E-state index contributed by atoms with van der Waals surface area (Å²) in [5.74, 6) is 0.599. The molecule has 264 valence electrons. The Labute approximate surface area is 324 Å². The Morgan fingerprint density at radius 1 is 0.364 bits per heavy atom. The van der Waals surface area contributed by atoms with Crippen LogP contribution >= 0.6 is 0 Å². The largest absolute Gasteiger partial charge is 0.310 e. The van der Waals surface area contributed by atoms with Crippen molar-refractivity contribution < 1.29 is 0 Å². The molecule has 0 aliphatic heterocycles. The third kappa shape index (κ3) is 6.26. The van der Waals surface area contributed by atoms with Gasteiger partial charge in [0.15, 0.2) is 0 Å². The summed E-state index contributed by atoms with van der Waals surface area (Å²) in [7, 11) is 0. The molecule has 0 spiro atoms. The van der Waals surface area contributed by atoms with Crippen LogP contribution in [0.2, 0.25) is 0 Å². The second-order valence-electron chi connectivity index (χ2n) is 15.1. The molecule has 0 N–H and O–H groups in total. The quantitative estimate of drug-likeness (QED) is 0.160. The van der Waals surface area contributed by atoms with Gasteiger partial charge in [-0.1, -0.05) is 177 Å². The molecule has 1 fully saturated rings. The minimum atomic E-state index is 0.599. The average molecular weight is 706 g/mol. The van der Waals surface area contributed by atoms with Gasteiger partial charge in [-0.15, -0.1) is 0 Å². The molecule has 0 heterocycles. The molecule has 10 rings (SSSR count). The molecule has 1 saturated carbocycles. The first-order valence-electron chi connectivity index (χ1n) is 19.9. The summed E-state index contributed by atoms with van der Waals surface area (Å²) >= 11 is 0. The summed E-state index contributed by atoms with van der Waals surface area (Å²) in [4.78, 5) is 2.47. The van der Waals surface area contributed by atoms with Crippen LogP contribution in [0.4, 0.5) is 17.1 Å². The summed E-state index contributed by atoms with van der Waals surface area (Å²) in [6.07, 6.45) is 6.52.